The van der Waals surface area contributed by atoms with Gasteiger partial charge in [0.25, 0.3) is 5.91 Å². The van der Waals surface area contributed by atoms with Crippen LogP contribution in [0.2, 0.25) is 0 Å². The Morgan fingerprint density at radius 1 is 1.12 bits per heavy atom. The van der Waals surface area contributed by atoms with Crippen LogP contribution in [-0.2, 0) is 14.3 Å². The highest BCUT2D eigenvalue weighted by Crippen LogP contribution is 2.33. The first-order valence-electron chi connectivity index (χ1n) is 11.3. The van der Waals surface area contributed by atoms with Crippen LogP contribution >= 0.6 is 0 Å². The van der Waals surface area contributed by atoms with Crippen LogP contribution in [0.25, 0.3) is 0 Å². The summed E-state index contributed by atoms with van der Waals surface area (Å²) in [7, 11) is 0. The maximum absolute atomic E-state index is 15.4. The van der Waals surface area contributed by atoms with Gasteiger partial charge in [0.05, 0.1) is 18.2 Å². The maximum atomic E-state index is 15.4. The number of anilines is 1. The maximum Gasteiger partial charge on any atom is 0.407 e. The highest BCUT2D eigenvalue weighted by atomic mass is 19.1. The summed E-state index contributed by atoms with van der Waals surface area (Å²) in [6.07, 6.45) is 0.420. The van der Waals surface area contributed by atoms with Gasteiger partial charge in [0.2, 0.25) is 0 Å². The molecule has 2 aliphatic heterocycles. The fourth-order valence-electron chi connectivity index (χ4n) is 4.27. The second-order valence-electron chi connectivity index (χ2n) is 8.80. The number of carbonyl (C=O) groups excluding carboxylic acids is 2. The molecule has 2 fully saturated rings. The Labute approximate surface area is 193 Å². The molecule has 0 aliphatic carbocycles. The summed E-state index contributed by atoms with van der Waals surface area (Å²) < 4.78 is 26.4. The monoisotopic (exact) mass is 465 g/mol. The van der Waals surface area contributed by atoms with Crippen molar-refractivity contribution in [2.45, 2.75) is 39.2 Å². The average molecular weight is 466 g/mol. The van der Waals surface area contributed by atoms with Gasteiger partial charge in [-0.15, -0.1) is 0 Å². The van der Waals surface area contributed by atoms with E-state index < -0.39 is 17.5 Å². The zero-order chi connectivity index (χ0) is 24.2. The number of esters is 1. The lowest BCUT2D eigenvalue weighted by Gasteiger charge is -2.38. The summed E-state index contributed by atoms with van der Waals surface area (Å²) in [6.45, 7) is 7.12. The van der Waals surface area contributed by atoms with Gasteiger partial charge in [-0.05, 0) is 45.7 Å². The summed E-state index contributed by atoms with van der Waals surface area (Å²) in [4.78, 5) is 40.9. The minimum atomic E-state index is -1.35. The number of carbonyl (C=O) groups is 3. The molecule has 1 aromatic carbocycles. The molecule has 182 valence electrons. The van der Waals surface area contributed by atoms with Gasteiger partial charge in [0, 0.05) is 39.3 Å². The lowest BCUT2D eigenvalue weighted by molar-refractivity contribution is -0.148. The highest BCUT2D eigenvalue weighted by molar-refractivity contribution is 5.85. The van der Waals surface area contributed by atoms with Gasteiger partial charge in [-0.25, -0.2) is 9.18 Å². The van der Waals surface area contributed by atoms with Crippen molar-refractivity contribution in [1.29, 1.82) is 0 Å². The second-order valence-corrected chi connectivity index (χ2v) is 8.80. The van der Waals surface area contributed by atoms with E-state index in [4.69, 9.17) is 14.6 Å². The molecule has 0 bridgehead atoms. The van der Waals surface area contributed by atoms with Crippen LogP contribution in [0.5, 0.6) is 5.75 Å². The number of hydrogen-bond acceptors (Lipinski definition) is 6. The molecule has 0 aromatic heterocycles. The molecule has 2 heterocycles. The molecule has 0 radical (unpaired) electrons. The van der Waals surface area contributed by atoms with Crippen LogP contribution in [-0.4, -0.2) is 84.4 Å². The molecular weight excluding hydrogens is 433 g/mol. The second kappa shape index (κ2) is 10.3. The first-order chi connectivity index (χ1) is 15.6. The van der Waals surface area contributed by atoms with Crippen LogP contribution in [0.1, 0.15) is 33.6 Å². The van der Waals surface area contributed by atoms with Crippen molar-refractivity contribution >= 4 is 23.7 Å². The molecule has 3 rings (SSSR count). The molecule has 1 N–H and O–H groups in total. The molecule has 9 nitrogen and oxygen atoms in total. The van der Waals surface area contributed by atoms with Crippen molar-refractivity contribution in [1.82, 2.24) is 9.80 Å². The summed E-state index contributed by atoms with van der Waals surface area (Å²) >= 11 is 0. The molecule has 1 aromatic rings. The van der Waals surface area contributed by atoms with E-state index in [0.29, 0.717) is 31.8 Å². The third-order valence-electron chi connectivity index (χ3n) is 6.04. The Bertz CT molecular complexity index is 885. The number of nitrogens with zero attached hydrogens (tertiary/aromatic N) is 3. The standard InChI is InChI=1S/C23H32FN3O6/c1-4-32-20(28)16-7-6-10-27(15-16)17-8-5-9-18(19(17)24)33-23(2,3)21(29)25-11-13-26(14-12-25)22(30)31/h5,8-9,16H,4,6-7,10-15H2,1-3H3,(H,30,31)/t16-/m1/s1. The van der Waals surface area contributed by atoms with Gasteiger partial charge in [0.15, 0.2) is 17.2 Å². The van der Waals surface area contributed by atoms with E-state index in [1.54, 1.807) is 32.9 Å². The highest BCUT2D eigenvalue weighted by Gasteiger charge is 2.37. The predicted octanol–water partition coefficient (Wildman–Crippen LogP) is 2.58. The topological polar surface area (TPSA) is 99.6 Å². The Kier molecular flexibility index (Phi) is 7.65. The fraction of sp³-hybridized carbons (Fsp3) is 0.609. The molecular formula is C23H32FN3O6. The first kappa shape index (κ1) is 24.6. The largest absolute Gasteiger partial charge is 0.475 e. The SMILES string of the molecule is CCOC(=O)[C@@H]1CCCN(c2cccc(OC(C)(C)C(=O)N3CCN(C(=O)O)CC3)c2F)C1. The van der Waals surface area contributed by atoms with Gasteiger partial charge >= 0.3 is 12.1 Å². The first-order valence-corrected chi connectivity index (χ1v) is 11.3. The van der Waals surface area contributed by atoms with Crippen molar-refractivity contribution in [2.24, 2.45) is 5.92 Å². The van der Waals surface area contributed by atoms with E-state index in [1.807, 2.05) is 4.90 Å². The minimum Gasteiger partial charge on any atom is -0.475 e. The Morgan fingerprint density at radius 3 is 2.42 bits per heavy atom. The van der Waals surface area contributed by atoms with E-state index in [0.717, 1.165) is 6.42 Å². The summed E-state index contributed by atoms with van der Waals surface area (Å²) in [5.74, 6) is -1.56. The number of piperidine rings is 1. The van der Waals surface area contributed by atoms with E-state index >= 15 is 4.39 Å². The number of rotatable bonds is 6. The number of carboxylic acid groups (broad SMARTS) is 1. The van der Waals surface area contributed by atoms with Gasteiger partial charge in [0.1, 0.15) is 0 Å². The third-order valence-corrected chi connectivity index (χ3v) is 6.04. The zero-order valence-corrected chi connectivity index (χ0v) is 19.4. The van der Waals surface area contributed by atoms with Crippen LogP contribution in [0.15, 0.2) is 18.2 Å². The zero-order valence-electron chi connectivity index (χ0n) is 19.4. The molecule has 1 atom stereocenters. The molecule has 10 heteroatoms. The summed E-state index contributed by atoms with van der Waals surface area (Å²) in [6, 6.07) is 4.77. The molecule has 0 saturated carbocycles. The van der Waals surface area contributed by atoms with Crippen molar-refractivity contribution < 1.29 is 33.4 Å². The lowest BCUT2D eigenvalue weighted by atomic mass is 9.97. The van der Waals surface area contributed by atoms with Crippen LogP contribution < -0.4 is 9.64 Å². The van der Waals surface area contributed by atoms with Crippen molar-refractivity contribution in [2.75, 3.05) is 50.8 Å². The quantitative estimate of drug-likeness (QED) is 0.645. The predicted molar refractivity (Wildman–Crippen MR) is 119 cm³/mol. The number of ether oxygens (including phenoxy) is 2. The van der Waals surface area contributed by atoms with E-state index in [1.165, 1.54) is 15.9 Å². The van der Waals surface area contributed by atoms with Crippen molar-refractivity contribution in [3.63, 3.8) is 0 Å². The van der Waals surface area contributed by atoms with Gasteiger partial charge < -0.3 is 29.3 Å². The Balaban J connectivity index is 1.70. The molecule has 2 saturated heterocycles. The summed E-state index contributed by atoms with van der Waals surface area (Å²) in [5, 5.41) is 9.08. The number of amides is 2. The normalized spacial score (nSPS) is 19.3. The lowest BCUT2D eigenvalue weighted by Crippen LogP contribution is -2.56. The smallest absolute Gasteiger partial charge is 0.407 e. The average Bonchev–Trinajstić information content (AvgIpc) is 2.80. The van der Waals surface area contributed by atoms with Crippen LogP contribution in [0.4, 0.5) is 14.9 Å². The van der Waals surface area contributed by atoms with Crippen molar-refractivity contribution in [3.8, 4) is 5.75 Å². The van der Waals surface area contributed by atoms with E-state index in [9.17, 15) is 14.4 Å². The summed E-state index contributed by atoms with van der Waals surface area (Å²) in [5.41, 5.74) is -1.03. The number of piperazine rings is 1. The van der Waals surface area contributed by atoms with Crippen LogP contribution in [0.3, 0.4) is 0 Å². The molecule has 2 aliphatic rings. The molecule has 0 spiro atoms. The van der Waals surface area contributed by atoms with Gasteiger partial charge in [-0.3, -0.25) is 9.59 Å². The van der Waals surface area contributed by atoms with E-state index in [2.05, 4.69) is 0 Å². The third kappa shape index (κ3) is 5.66. The molecule has 33 heavy (non-hydrogen) atoms. The number of benzene rings is 1. The van der Waals surface area contributed by atoms with Crippen LogP contribution in [0, 0.1) is 11.7 Å². The Hall–Kier alpha value is -3.04. The molecule has 0 unspecified atom stereocenters. The Morgan fingerprint density at radius 2 is 1.79 bits per heavy atom. The number of halogens is 1. The number of hydrogen-bond donors (Lipinski definition) is 1. The van der Waals surface area contributed by atoms with Gasteiger partial charge in [-0.1, -0.05) is 6.07 Å². The van der Waals surface area contributed by atoms with Gasteiger partial charge in [-0.2, -0.15) is 0 Å². The van der Waals surface area contributed by atoms with E-state index in [-0.39, 0.29) is 49.7 Å². The minimum absolute atomic E-state index is 0.0479. The van der Waals surface area contributed by atoms with Crippen molar-refractivity contribution in [3.05, 3.63) is 24.0 Å². The fourth-order valence-corrected chi connectivity index (χ4v) is 4.27. The molecule has 2 amide bonds.